The maximum atomic E-state index is 13.0. The maximum Gasteiger partial charge on any atom is 0.255 e. The highest BCUT2D eigenvalue weighted by molar-refractivity contribution is 5.75. The smallest absolute Gasteiger partial charge is 0.255 e. The number of amides is 1. The van der Waals surface area contributed by atoms with Gasteiger partial charge in [0.15, 0.2) is 6.61 Å². The summed E-state index contributed by atoms with van der Waals surface area (Å²) in [5.74, 6) is 0.697. The van der Waals surface area contributed by atoms with E-state index >= 15 is 0 Å². The summed E-state index contributed by atoms with van der Waals surface area (Å²) < 4.78 is 18.3. The third kappa shape index (κ3) is 6.36. The molecule has 5 heteroatoms. The summed E-state index contributed by atoms with van der Waals surface area (Å²) in [5.41, 5.74) is 7.53. The maximum absolute atomic E-state index is 13.0. The number of nitrogens with two attached hydrogens (primary N) is 1. The van der Waals surface area contributed by atoms with Gasteiger partial charge in [-0.1, -0.05) is 24.3 Å². The predicted octanol–water partition coefficient (Wildman–Crippen LogP) is 3.53. The predicted molar refractivity (Wildman–Crippen MR) is 104 cm³/mol. The Kier molecular flexibility index (Phi) is 6.82. The fraction of sp³-hybridized carbons (Fsp3) is 0.409. The summed E-state index contributed by atoms with van der Waals surface area (Å²) in [6.07, 6.45) is 4.62. The van der Waals surface area contributed by atoms with Crippen LogP contribution in [0.25, 0.3) is 0 Å². The van der Waals surface area contributed by atoms with E-state index in [1.807, 2.05) is 36.4 Å². The largest absolute Gasteiger partial charge is 0.484 e. The van der Waals surface area contributed by atoms with Crippen molar-refractivity contribution in [3.8, 4) is 5.75 Å². The number of primary amides is 1. The average Bonchev–Trinajstić information content (AvgIpc) is 2.67. The van der Waals surface area contributed by atoms with Crippen molar-refractivity contribution in [2.45, 2.75) is 32.2 Å². The number of aryl methyl sites for hydroxylation is 1. The first-order valence-corrected chi connectivity index (χ1v) is 9.55. The van der Waals surface area contributed by atoms with Gasteiger partial charge in [0.25, 0.3) is 5.91 Å². The summed E-state index contributed by atoms with van der Waals surface area (Å²) in [6.45, 7) is 3.04. The van der Waals surface area contributed by atoms with Gasteiger partial charge < -0.3 is 10.5 Å². The highest BCUT2D eigenvalue weighted by Crippen LogP contribution is 2.23. The van der Waals surface area contributed by atoms with Crippen LogP contribution in [-0.4, -0.2) is 30.5 Å². The lowest BCUT2D eigenvalue weighted by Gasteiger charge is -2.33. The zero-order valence-corrected chi connectivity index (χ0v) is 15.6. The number of ether oxygens (including phenoxy) is 1. The molecule has 1 aliphatic rings. The van der Waals surface area contributed by atoms with Crippen LogP contribution in [0.4, 0.5) is 4.39 Å². The van der Waals surface area contributed by atoms with Crippen LogP contribution >= 0.6 is 0 Å². The number of rotatable bonds is 8. The summed E-state index contributed by atoms with van der Waals surface area (Å²) in [5, 5.41) is 0. The number of halogens is 1. The molecular weight excluding hydrogens is 343 g/mol. The lowest BCUT2D eigenvalue weighted by Crippen LogP contribution is -2.35. The van der Waals surface area contributed by atoms with Crippen LogP contribution in [0.3, 0.4) is 0 Å². The molecule has 1 unspecified atom stereocenters. The van der Waals surface area contributed by atoms with Crippen LogP contribution in [0, 0.1) is 11.7 Å². The monoisotopic (exact) mass is 370 g/mol. The number of nitrogens with zero attached hydrogens (tertiary/aromatic N) is 1. The van der Waals surface area contributed by atoms with Crippen molar-refractivity contribution in [2.24, 2.45) is 11.7 Å². The Morgan fingerprint density at radius 3 is 2.52 bits per heavy atom. The highest BCUT2D eigenvalue weighted by Gasteiger charge is 2.19. The molecule has 1 amide bonds. The summed E-state index contributed by atoms with van der Waals surface area (Å²) in [7, 11) is 0. The quantitative estimate of drug-likeness (QED) is 0.773. The number of likely N-dealkylation sites (tertiary alicyclic amines) is 1. The molecule has 3 rings (SSSR count). The van der Waals surface area contributed by atoms with Gasteiger partial charge in [-0.05, 0) is 73.5 Å². The standard InChI is InChI=1S/C22H27FN2O2/c23-20-9-5-17(6-10-20)3-4-18-2-1-13-25(14-18)15-19-7-11-21(12-8-19)27-16-22(24)26/h5-12,18H,1-4,13-16H2,(H2,24,26). The van der Waals surface area contributed by atoms with E-state index in [0.717, 1.165) is 32.5 Å². The van der Waals surface area contributed by atoms with Gasteiger partial charge in [-0.2, -0.15) is 0 Å². The van der Waals surface area contributed by atoms with Gasteiger partial charge in [-0.15, -0.1) is 0 Å². The second-order valence-corrected chi connectivity index (χ2v) is 7.31. The molecule has 27 heavy (non-hydrogen) atoms. The fourth-order valence-electron chi connectivity index (χ4n) is 3.66. The number of hydrogen-bond acceptors (Lipinski definition) is 3. The molecule has 144 valence electrons. The van der Waals surface area contributed by atoms with Crippen LogP contribution in [0.5, 0.6) is 5.75 Å². The summed E-state index contributed by atoms with van der Waals surface area (Å²) in [6, 6.07) is 14.7. The Morgan fingerprint density at radius 2 is 1.81 bits per heavy atom. The molecule has 2 N–H and O–H groups in total. The second kappa shape index (κ2) is 9.51. The third-order valence-electron chi connectivity index (χ3n) is 5.07. The molecule has 0 aliphatic carbocycles. The molecule has 1 saturated heterocycles. The Balaban J connectivity index is 1.46. The van der Waals surface area contributed by atoms with Crippen molar-refractivity contribution >= 4 is 5.91 Å². The Labute approximate surface area is 160 Å². The molecule has 0 saturated carbocycles. The first kappa shape index (κ1) is 19.4. The van der Waals surface area contributed by atoms with Crippen molar-refractivity contribution in [1.82, 2.24) is 4.90 Å². The Morgan fingerprint density at radius 1 is 1.11 bits per heavy atom. The zero-order chi connectivity index (χ0) is 19.1. The van der Waals surface area contributed by atoms with Gasteiger partial charge >= 0.3 is 0 Å². The molecular formula is C22H27FN2O2. The van der Waals surface area contributed by atoms with Gasteiger partial charge in [-0.3, -0.25) is 9.69 Å². The zero-order valence-electron chi connectivity index (χ0n) is 15.6. The van der Waals surface area contributed by atoms with Gasteiger partial charge in [-0.25, -0.2) is 4.39 Å². The summed E-state index contributed by atoms with van der Waals surface area (Å²) >= 11 is 0. The molecule has 1 fully saturated rings. The SMILES string of the molecule is NC(=O)COc1ccc(CN2CCCC(CCc3ccc(F)cc3)C2)cc1. The van der Waals surface area contributed by atoms with Crippen molar-refractivity contribution in [1.29, 1.82) is 0 Å². The van der Waals surface area contributed by atoms with Crippen molar-refractivity contribution in [2.75, 3.05) is 19.7 Å². The molecule has 4 nitrogen and oxygen atoms in total. The number of benzene rings is 2. The van der Waals surface area contributed by atoms with Crippen LogP contribution in [0.2, 0.25) is 0 Å². The summed E-state index contributed by atoms with van der Waals surface area (Å²) in [4.78, 5) is 13.3. The van der Waals surface area contributed by atoms with Crippen molar-refractivity contribution in [3.63, 3.8) is 0 Å². The number of piperidine rings is 1. The molecule has 1 atom stereocenters. The normalized spacial score (nSPS) is 17.6. The number of carbonyl (C=O) groups excluding carboxylic acids is 1. The molecule has 0 bridgehead atoms. The van der Waals surface area contributed by atoms with Crippen LogP contribution in [0.1, 0.15) is 30.4 Å². The minimum atomic E-state index is -0.473. The average molecular weight is 370 g/mol. The molecule has 1 aliphatic heterocycles. The molecule has 1 heterocycles. The molecule has 0 aromatic heterocycles. The van der Waals surface area contributed by atoms with E-state index in [1.165, 1.54) is 24.0 Å². The number of hydrogen-bond donors (Lipinski definition) is 1. The van der Waals surface area contributed by atoms with Gasteiger partial charge in [0.1, 0.15) is 11.6 Å². The lowest BCUT2D eigenvalue weighted by atomic mass is 9.91. The Bertz CT molecular complexity index is 731. The molecule has 2 aromatic rings. The molecule has 0 radical (unpaired) electrons. The van der Waals surface area contributed by atoms with E-state index in [-0.39, 0.29) is 12.4 Å². The van der Waals surface area contributed by atoms with E-state index in [0.29, 0.717) is 11.7 Å². The molecule has 2 aromatic carbocycles. The topological polar surface area (TPSA) is 55.6 Å². The molecule has 0 spiro atoms. The minimum absolute atomic E-state index is 0.0960. The number of carbonyl (C=O) groups is 1. The van der Waals surface area contributed by atoms with Gasteiger partial charge in [0.2, 0.25) is 0 Å². The van der Waals surface area contributed by atoms with Crippen LogP contribution in [-0.2, 0) is 17.8 Å². The van der Waals surface area contributed by atoms with E-state index in [9.17, 15) is 9.18 Å². The first-order chi connectivity index (χ1) is 13.1. The minimum Gasteiger partial charge on any atom is -0.484 e. The van der Waals surface area contributed by atoms with E-state index in [4.69, 9.17) is 10.5 Å². The van der Waals surface area contributed by atoms with Gasteiger partial charge in [0, 0.05) is 13.1 Å². The van der Waals surface area contributed by atoms with Crippen molar-refractivity contribution < 1.29 is 13.9 Å². The lowest BCUT2D eigenvalue weighted by molar-refractivity contribution is -0.119. The van der Waals surface area contributed by atoms with E-state index in [1.54, 1.807) is 12.1 Å². The first-order valence-electron chi connectivity index (χ1n) is 9.55. The third-order valence-corrected chi connectivity index (χ3v) is 5.07. The van der Waals surface area contributed by atoms with Crippen molar-refractivity contribution in [3.05, 3.63) is 65.5 Å². The van der Waals surface area contributed by atoms with Crippen LogP contribution < -0.4 is 10.5 Å². The fourth-order valence-corrected chi connectivity index (χ4v) is 3.66. The second-order valence-electron chi connectivity index (χ2n) is 7.31. The Hall–Kier alpha value is -2.40. The highest BCUT2D eigenvalue weighted by atomic mass is 19.1. The van der Waals surface area contributed by atoms with E-state index in [2.05, 4.69) is 4.90 Å². The van der Waals surface area contributed by atoms with Crippen LogP contribution in [0.15, 0.2) is 48.5 Å². The van der Waals surface area contributed by atoms with E-state index < -0.39 is 5.91 Å². The van der Waals surface area contributed by atoms with Gasteiger partial charge in [0.05, 0.1) is 0 Å².